The van der Waals surface area contributed by atoms with Crippen LogP contribution >= 0.6 is 11.3 Å². The molecule has 2 N–H and O–H groups in total. The fraction of sp³-hybridized carbons (Fsp3) is 0.267. The summed E-state index contributed by atoms with van der Waals surface area (Å²) in [4.78, 5) is 12.4. The summed E-state index contributed by atoms with van der Waals surface area (Å²) in [5, 5.41) is 16.6. The van der Waals surface area contributed by atoms with Gasteiger partial charge in [-0.15, -0.1) is 0 Å². The Bertz CT molecular complexity index is 560. The Balaban J connectivity index is 1.82. The van der Waals surface area contributed by atoms with Crippen LogP contribution in [0.25, 0.3) is 0 Å². The first kappa shape index (κ1) is 15.3. The number of aliphatic hydroxyl groups excluding tert-OH is 1. The summed E-state index contributed by atoms with van der Waals surface area (Å²) in [5.74, 6) is 0.610. The maximum Gasteiger partial charge on any atom is 0.211 e. The molecule has 0 aliphatic carbocycles. The van der Waals surface area contributed by atoms with Crippen molar-refractivity contribution in [2.24, 2.45) is 0 Å². The van der Waals surface area contributed by atoms with Crippen molar-refractivity contribution < 1.29 is 14.6 Å². The quantitative estimate of drug-likeness (QED) is 0.734. The molecular weight excluding hydrogens is 288 g/mol. The highest BCUT2D eigenvalue weighted by Gasteiger charge is 2.10. The molecule has 0 aliphatic heterocycles. The molecule has 0 radical (unpaired) electrons. The molecule has 0 saturated heterocycles. The van der Waals surface area contributed by atoms with Crippen LogP contribution in [-0.2, 0) is 4.79 Å². The Morgan fingerprint density at radius 3 is 3.05 bits per heavy atom. The second kappa shape index (κ2) is 7.66. The third kappa shape index (κ3) is 4.77. The molecule has 0 saturated carbocycles. The molecule has 0 spiro atoms. The molecule has 0 bridgehead atoms. The first-order valence-electron chi connectivity index (χ1n) is 6.53. The average molecular weight is 306 g/mol. The number of amides is 1. The highest BCUT2D eigenvalue weighted by Crippen LogP contribution is 2.18. The Labute approximate surface area is 127 Å². The maximum atomic E-state index is 10.4. The Kier molecular flexibility index (Phi) is 5.59. The van der Waals surface area contributed by atoms with E-state index in [9.17, 15) is 9.90 Å². The minimum absolute atomic E-state index is 0.193. The highest BCUT2D eigenvalue weighted by atomic mass is 32.1. The van der Waals surface area contributed by atoms with Crippen molar-refractivity contribution in [3.05, 3.63) is 41.1 Å². The Hall–Kier alpha value is -2.05. The van der Waals surface area contributed by atoms with Gasteiger partial charge in [0.1, 0.15) is 18.5 Å². The number of nitrogens with zero attached hydrogens (tertiary/aromatic N) is 1. The van der Waals surface area contributed by atoms with Crippen LogP contribution in [0.2, 0.25) is 0 Å². The van der Waals surface area contributed by atoms with Gasteiger partial charge in [-0.2, -0.15) is 11.3 Å². The van der Waals surface area contributed by atoms with Crippen molar-refractivity contribution in [3.8, 4) is 5.75 Å². The molecule has 1 amide bonds. The van der Waals surface area contributed by atoms with Crippen LogP contribution in [0.4, 0.5) is 11.4 Å². The van der Waals surface area contributed by atoms with E-state index < -0.39 is 6.10 Å². The zero-order chi connectivity index (χ0) is 15.1. The predicted octanol–water partition coefficient (Wildman–Crippen LogP) is 2.19. The number of hydrogen-bond acceptors (Lipinski definition) is 5. The van der Waals surface area contributed by atoms with Crippen LogP contribution in [0.15, 0.2) is 41.1 Å². The van der Waals surface area contributed by atoms with Gasteiger partial charge < -0.3 is 20.1 Å². The summed E-state index contributed by atoms with van der Waals surface area (Å²) in [7, 11) is 1.93. The number of nitrogens with one attached hydrogen (secondary N) is 1. The lowest BCUT2D eigenvalue weighted by atomic mass is 10.3. The van der Waals surface area contributed by atoms with E-state index >= 15 is 0 Å². The number of rotatable bonds is 8. The molecule has 1 atom stereocenters. The zero-order valence-electron chi connectivity index (χ0n) is 11.7. The van der Waals surface area contributed by atoms with Crippen molar-refractivity contribution in [1.82, 2.24) is 0 Å². The van der Waals surface area contributed by atoms with E-state index in [0.29, 0.717) is 24.4 Å². The minimum atomic E-state index is -0.599. The van der Waals surface area contributed by atoms with E-state index in [1.54, 1.807) is 35.6 Å². The second-order valence-electron chi connectivity index (χ2n) is 4.62. The van der Waals surface area contributed by atoms with E-state index in [-0.39, 0.29) is 6.61 Å². The Morgan fingerprint density at radius 1 is 1.48 bits per heavy atom. The third-order valence-corrected chi connectivity index (χ3v) is 3.60. The number of anilines is 2. The topological polar surface area (TPSA) is 61.8 Å². The molecule has 1 aromatic heterocycles. The van der Waals surface area contributed by atoms with Crippen molar-refractivity contribution in [2.75, 3.05) is 30.4 Å². The highest BCUT2D eigenvalue weighted by molar-refractivity contribution is 7.08. The fourth-order valence-corrected chi connectivity index (χ4v) is 2.58. The molecule has 1 unspecified atom stereocenters. The number of carbonyl (C=O) groups excluding carboxylic acids is 1. The number of benzene rings is 1. The number of carbonyl (C=O) groups is 1. The number of thiophene rings is 1. The lowest BCUT2D eigenvalue weighted by Crippen LogP contribution is -2.32. The van der Waals surface area contributed by atoms with E-state index in [0.717, 1.165) is 5.69 Å². The summed E-state index contributed by atoms with van der Waals surface area (Å²) < 4.78 is 5.54. The van der Waals surface area contributed by atoms with Gasteiger partial charge in [0, 0.05) is 36.4 Å². The Morgan fingerprint density at radius 2 is 2.33 bits per heavy atom. The van der Waals surface area contributed by atoms with Crippen LogP contribution in [0.5, 0.6) is 5.75 Å². The molecule has 6 heteroatoms. The van der Waals surface area contributed by atoms with E-state index in [1.165, 1.54) is 0 Å². The second-order valence-corrected chi connectivity index (χ2v) is 5.40. The van der Waals surface area contributed by atoms with E-state index in [4.69, 9.17) is 4.74 Å². The molecule has 1 aromatic carbocycles. The number of ether oxygens (including phenoxy) is 1. The van der Waals surface area contributed by atoms with Gasteiger partial charge in [-0.3, -0.25) is 4.79 Å². The van der Waals surface area contributed by atoms with Gasteiger partial charge in [0.25, 0.3) is 0 Å². The van der Waals surface area contributed by atoms with Crippen LogP contribution < -0.4 is 15.0 Å². The molecule has 2 rings (SSSR count). The van der Waals surface area contributed by atoms with Gasteiger partial charge >= 0.3 is 0 Å². The molecule has 1 heterocycles. The van der Waals surface area contributed by atoms with Crippen LogP contribution in [0, 0.1) is 0 Å². The molecule has 0 aliphatic rings. The lowest BCUT2D eigenvalue weighted by Gasteiger charge is -2.21. The number of aliphatic hydroxyl groups is 1. The smallest absolute Gasteiger partial charge is 0.211 e. The van der Waals surface area contributed by atoms with Crippen LogP contribution in [0.1, 0.15) is 0 Å². The lowest BCUT2D eigenvalue weighted by molar-refractivity contribution is -0.105. The summed E-state index contributed by atoms with van der Waals surface area (Å²) in [6, 6.07) is 9.05. The molecule has 21 heavy (non-hydrogen) atoms. The van der Waals surface area contributed by atoms with Crippen molar-refractivity contribution in [2.45, 2.75) is 6.10 Å². The number of likely N-dealkylation sites (N-methyl/N-ethyl adjacent to an activating group) is 1. The average Bonchev–Trinajstić information content (AvgIpc) is 3.00. The van der Waals surface area contributed by atoms with Crippen LogP contribution in [-0.4, -0.2) is 37.8 Å². The van der Waals surface area contributed by atoms with Crippen LogP contribution in [0.3, 0.4) is 0 Å². The molecule has 2 aromatic rings. The minimum Gasteiger partial charge on any atom is -0.491 e. The fourth-order valence-electron chi connectivity index (χ4n) is 1.88. The summed E-state index contributed by atoms with van der Waals surface area (Å²) >= 11 is 1.62. The molecule has 112 valence electrons. The van der Waals surface area contributed by atoms with Gasteiger partial charge in [-0.25, -0.2) is 0 Å². The van der Waals surface area contributed by atoms with Gasteiger partial charge in [0.15, 0.2) is 0 Å². The predicted molar refractivity (Wildman–Crippen MR) is 85.2 cm³/mol. The van der Waals surface area contributed by atoms with Crippen molar-refractivity contribution in [3.63, 3.8) is 0 Å². The van der Waals surface area contributed by atoms with E-state index in [1.807, 2.05) is 28.8 Å². The standard InChI is InChI=1S/C15H18N2O3S/c1-17(13-5-6-21-10-13)8-14(19)9-20-15-4-2-3-12(7-15)16-11-18/h2-7,10-11,14,19H,8-9H2,1H3,(H,16,18). The van der Waals surface area contributed by atoms with E-state index in [2.05, 4.69) is 5.32 Å². The summed E-state index contributed by atoms with van der Waals surface area (Å²) in [5.41, 5.74) is 1.74. The van der Waals surface area contributed by atoms with Crippen molar-refractivity contribution in [1.29, 1.82) is 0 Å². The largest absolute Gasteiger partial charge is 0.491 e. The first-order valence-corrected chi connectivity index (χ1v) is 7.48. The normalized spacial score (nSPS) is 11.7. The molecular formula is C15H18N2O3S. The third-order valence-electron chi connectivity index (χ3n) is 2.93. The summed E-state index contributed by atoms with van der Waals surface area (Å²) in [6.45, 7) is 0.683. The summed E-state index contributed by atoms with van der Waals surface area (Å²) in [6.07, 6.45) is 0.0154. The molecule has 0 fully saturated rings. The molecule has 5 nitrogen and oxygen atoms in total. The van der Waals surface area contributed by atoms with Gasteiger partial charge in [-0.05, 0) is 23.6 Å². The monoisotopic (exact) mass is 306 g/mol. The first-order chi connectivity index (χ1) is 10.2. The zero-order valence-corrected chi connectivity index (χ0v) is 12.5. The van der Waals surface area contributed by atoms with Gasteiger partial charge in [0.05, 0.1) is 0 Å². The SMILES string of the molecule is CN(CC(O)COc1cccc(NC=O)c1)c1ccsc1. The van der Waals surface area contributed by atoms with Gasteiger partial charge in [-0.1, -0.05) is 6.07 Å². The van der Waals surface area contributed by atoms with Gasteiger partial charge in [0.2, 0.25) is 6.41 Å². The number of hydrogen-bond donors (Lipinski definition) is 2. The van der Waals surface area contributed by atoms with Crippen molar-refractivity contribution >= 4 is 29.1 Å². The maximum absolute atomic E-state index is 10.4.